The van der Waals surface area contributed by atoms with Crippen molar-refractivity contribution in [3.63, 3.8) is 0 Å². The summed E-state index contributed by atoms with van der Waals surface area (Å²) in [5, 5.41) is 0. The molecule has 4 bridgehead atoms. The van der Waals surface area contributed by atoms with Gasteiger partial charge in [-0.3, -0.25) is 9.59 Å². The largest absolute Gasteiger partial charge is 0.463 e. The molecule has 0 aromatic rings. The minimum Gasteiger partial charge on any atom is -0.463 e. The molecule has 0 aromatic heterocycles. The first-order valence-corrected chi connectivity index (χ1v) is 11.7. The van der Waals surface area contributed by atoms with Gasteiger partial charge >= 0.3 is 18.1 Å². The predicted molar refractivity (Wildman–Crippen MR) is 112 cm³/mol. The fourth-order valence-corrected chi connectivity index (χ4v) is 6.30. The summed E-state index contributed by atoms with van der Waals surface area (Å²) in [5.41, 5.74) is -1.85. The van der Waals surface area contributed by atoms with Crippen LogP contribution in [0.4, 0.5) is 13.2 Å². The molecule has 0 saturated heterocycles. The van der Waals surface area contributed by atoms with Crippen LogP contribution in [-0.2, 0) is 23.8 Å². The van der Waals surface area contributed by atoms with Crippen LogP contribution in [0.2, 0.25) is 0 Å². The third kappa shape index (κ3) is 5.26. The van der Waals surface area contributed by atoms with Gasteiger partial charge in [-0.1, -0.05) is 27.7 Å². The van der Waals surface area contributed by atoms with E-state index in [0.29, 0.717) is 24.7 Å². The molecule has 3 atom stereocenters. The third-order valence-electron chi connectivity index (χ3n) is 8.18. The number of ether oxygens (including phenoxy) is 3. The van der Waals surface area contributed by atoms with Gasteiger partial charge in [0.2, 0.25) is 0 Å². The van der Waals surface area contributed by atoms with Crippen molar-refractivity contribution < 1.29 is 37.0 Å². The molecule has 0 heterocycles. The minimum absolute atomic E-state index is 0.0434. The maximum atomic E-state index is 13.4. The first-order chi connectivity index (χ1) is 14.6. The molecule has 0 N–H and O–H groups in total. The fraction of sp³-hybridized carbons (Fsp3) is 0.917. The van der Waals surface area contributed by atoms with Crippen LogP contribution in [0.5, 0.6) is 0 Å². The highest BCUT2D eigenvalue weighted by Gasteiger charge is 2.61. The first kappa shape index (κ1) is 25.3. The van der Waals surface area contributed by atoms with Crippen molar-refractivity contribution in [1.29, 1.82) is 0 Å². The van der Waals surface area contributed by atoms with E-state index in [4.69, 9.17) is 14.2 Å². The molecule has 0 aliphatic heterocycles. The lowest BCUT2D eigenvalue weighted by Crippen LogP contribution is -2.62. The van der Waals surface area contributed by atoms with Gasteiger partial charge in [0.25, 0.3) is 0 Å². The lowest BCUT2D eigenvalue weighted by atomic mass is 9.52. The highest BCUT2D eigenvalue weighted by atomic mass is 19.4. The quantitative estimate of drug-likeness (QED) is 0.347. The SMILES string of the molecule is CCC(C)(C(=O)OC12CC3CC(CC(OCCOC(=O)CC(F)(F)F)(C3)C1)C2)C(C)(C)C. The molecule has 32 heavy (non-hydrogen) atoms. The van der Waals surface area contributed by atoms with E-state index in [1.807, 2.05) is 13.8 Å². The second kappa shape index (κ2) is 8.48. The molecule has 4 saturated carbocycles. The Kier molecular flexibility index (Phi) is 6.71. The maximum Gasteiger partial charge on any atom is 0.399 e. The zero-order chi connectivity index (χ0) is 24.0. The Morgan fingerprint density at radius 3 is 2.00 bits per heavy atom. The van der Waals surface area contributed by atoms with Crippen LogP contribution in [0, 0.1) is 22.7 Å². The van der Waals surface area contributed by atoms with E-state index < -0.39 is 35.2 Å². The number of hydrogen-bond donors (Lipinski definition) is 0. The van der Waals surface area contributed by atoms with Gasteiger partial charge in [0.15, 0.2) is 0 Å². The standard InChI is InChI=1S/C24H37F3O5/c1-6-21(5,20(2,3)4)19(29)32-23-12-16-9-17(13-23)11-22(10-16,15-23)31-8-7-30-18(28)14-24(25,26)27/h16-17H,6-15H2,1-5H3. The molecule has 8 heteroatoms. The molecule has 4 aliphatic carbocycles. The van der Waals surface area contributed by atoms with E-state index in [1.54, 1.807) is 0 Å². The van der Waals surface area contributed by atoms with Crippen molar-refractivity contribution >= 4 is 11.9 Å². The Labute approximate surface area is 188 Å². The summed E-state index contributed by atoms with van der Waals surface area (Å²) >= 11 is 0. The average Bonchev–Trinajstić information content (AvgIpc) is 2.60. The van der Waals surface area contributed by atoms with Gasteiger partial charge in [-0.2, -0.15) is 13.2 Å². The molecule has 184 valence electrons. The number of hydrogen-bond acceptors (Lipinski definition) is 5. The molecule has 0 spiro atoms. The topological polar surface area (TPSA) is 61.8 Å². The number of rotatable bonds is 8. The first-order valence-electron chi connectivity index (χ1n) is 11.7. The number of alkyl halides is 3. The minimum atomic E-state index is -4.58. The molecule has 4 rings (SSSR count). The molecule has 4 aliphatic rings. The van der Waals surface area contributed by atoms with Crippen molar-refractivity contribution in [2.75, 3.05) is 13.2 Å². The average molecular weight is 463 g/mol. The van der Waals surface area contributed by atoms with Crippen LogP contribution >= 0.6 is 0 Å². The summed E-state index contributed by atoms with van der Waals surface area (Å²) in [4.78, 5) is 24.7. The van der Waals surface area contributed by atoms with Gasteiger partial charge < -0.3 is 14.2 Å². The smallest absolute Gasteiger partial charge is 0.399 e. The number of carbonyl (C=O) groups excluding carboxylic acids is 2. The van der Waals surface area contributed by atoms with Crippen LogP contribution in [0.1, 0.15) is 86.0 Å². The molecule has 0 radical (unpaired) electrons. The van der Waals surface area contributed by atoms with E-state index in [-0.39, 0.29) is 24.6 Å². The van der Waals surface area contributed by atoms with Gasteiger partial charge in [-0.15, -0.1) is 0 Å². The van der Waals surface area contributed by atoms with Crippen LogP contribution < -0.4 is 0 Å². The van der Waals surface area contributed by atoms with Gasteiger partial charge in [-0.25, -0.2) is 0 Å². The molecule has 0 aromatic carbocycles. The van der Waals surface area contributed by atoms with Crippen molar-refractivity contribution in [3.8, 4) is 0 Å². The fourth-order valence-electron chi connectivity index (χ4n) is 6.30. The zero-order valence-electron chi connectivity index (χ0n) is 19.9. The Hall–Kier alpha value is -1.31. The third-order valence-corrected chi connectivity index (χ3v) is 8.18. The van der Waals surface area contributed by atoms with Crippen LogP contribution in [-0.4, -0.2) is 42.5 Å². The molecule has 0 amide bonds. The summed E-state index contributed by atoms with van der Waals surface area (Å²) in [6.07, 6.45) is -0.417. The monoisotopic (exact) mass is 462 g/mol. The van der Waals surface area contributed by atoms with Crippen molar-refractivity contribution in [1.82, 2.24) is 0 Å². The normalized spacial score (nSPS) is 33.6. The molecule has 4 fully saturated rings. The Morgan fingerprint density at radius 2 is 1.50 bits per heavy atom. The summed E-state index contributed by atoms with van der Waals surface area (Å²) in [5.74, 6) is -0.651. The number of carbonyl (C=O) groups is 2. The van der Waals surface area contributed by atoms with Crippen LogP contribution in [0.25, 0.3) is 0 Å². The molecular weight excluding hydrogens is 425 g/mol. The predicted octanol–water partition coefficient (Wildman–Crippen LogP) is 5.60. The van der Waals surface area contributed by atoms with Gasteiger partial charge in [0.05, 0.1) is 17.6 Å². The Morgan fingerprint density at radius 1 is 0.938 bits per heavy atom. The van der Waals surface area contributed by atoms with E-state index in [9.17, 15) is 22.8 Å². The van der Waals surface area contributed by atoms with Crippen molar-refractivity contribution in [3.05, 3.63) is 0 Å². The second-order valence-electron chi connectivity index (χ2n) is 11.5. The molecule has 3 unspecified atom stereocenters. The van der Waals surface area contributed by atoms with E-state index in [0.717, 1.165) is 32.1 Å². The van der Waals surface area contributed by atoms with E-state index in [2.05, 4.69) is 20.8 Å². The van der Waals surface area contributed by atoms with Gasteiger partial charge in [0, 0.05) is 6.42 Å². The lowest BCUT2D eigenvalue weighted by Gasteiger charge is -2.61. The zero-order valence-corrected chi connectivity index (χ0v) is 19.9. The highest BCUT2D eigenvalue weighted by molar-refractivity contribution is 5.78. The second-order valence-corrected chi connectivity index (χ2v) is 11.5. The summed E-state index contributed by atoms with van der Waals surface area (Å²) < 4.78 is 54.0. The van der Waals surface area contributed by atoms with Crippen LogP contribution in [0.3, 0.4) is 0 Å². The van der Waals surface area contributed by atoms with E-state index in [1.165, 1.54) is 0 Å². The highest BCUT2D eigenvalue weighted by Crippen LogP contribution is 2.61. The van der Waals surface area contributed by atoms with Crippen molar-refractivity contribution in [2.24, 2.45) is 22.7 Å². The van der Waals surface area contributed by atoms with Gasteiger partial charge in [-0.05, 0) is 62.7 Å². The van der Waals surface area contributed by atoms with Crippen molar-refractivity contribution in [2.45, 2.75) is 103 Å². The summed E-state index contributed by atoms with van der Waals surface area (Å²) in [7, 11) is 0. The number of esters is 2. The van der Waals surface area contributed by atoms with Crippen LogP contribution in [0.15, 0.2) is 0 Å². The Bertz CT molecular complexity index is 712. The maximum absolute atomic E-state index is 13.4. The van der Waals surface area contributed by atoms with E-state index >= 15 is 0 Å². The number of halogens is 3. The lowest BCUT2D eigenvalue weighted by molar-refractivity contribution is -0.243. The molecule has 5 nitrogen and oxygen atoms in total. The molecular formula is C24H37F3O5. The summed E-state index contributed by atoms with van der Waals surface area (Å²) in [6.45, 7) is 9.99. The summed E-state index contributed by atoms with van der Waals surface area (Å²) in [6, 6.07) is 0. The van der Waals surface area contributed by atoms with Gasteiger partial charge in [0.1, 0.15) is 18.6 Å². The Balaban J connectivity index is 1.63.